The van der Waals surface area contributed by atoms with Crippen molar-refractivity contribution in [2.24, 2.45) is 0 Å². The Bertz CT molecular complexity index is 463. The molecule has 3 rings (SSSR count). The zero-order chi connectivity index (χ0) is 11.8. The van der Waals surface area contributed by atoms with Gasteiger partial charge in [0, 0.05) is 23.5 Å². The van der Waals surface area contributed by atoms with Crippen molar-refractivity contribution < 1.29 is 14.3 Å². The largest absolute Gasteiger partial charge is 0.454 e. The molecule has 1 aromatic carbocycles. The SMILES string of the molecule is O=C(c1ccc2c(c1)OCO2)N1CCC(Br)C1. The van der Waals surface area contributed by atoms with Gasteiger partial charge >= 0.3 is 0 Å². The van der Waals surface area contributed by atoms with Crippen molar-refractivity contribution in [3.63, 3.8) is 0 Å². The van der Waals surface area contributed by atoms with E-state index >= 15 is 0 Å². The van der Waals surface area contributed by atoms with E-state index in [0.717, 1.165) is 19.5 Å². The van der Waals surface area contributed by atoms with Gasteiger partial charge in [0.15, 0.2) is 11.5 Å². The number of likely N-dealkylation sites (tertiary alicyclic amines) is 1. The number of rotatable bonds is 1. The molecule has 0 aromatic heterocycles. The van der Waals surface area contributed by atoms with Crippen molar-refractivity contribution in [2.45, 2.75) is 11.2 Å². The first kappa shape index (κ1) is 10.9. The summed E-state index contributed by atoms with van der Waals surface area (Å²) in [5, 5.41) is 0. The Morgan fingerprint density at radius 3 is 2.94 bits per heavy atom. The first-order valence-electron chi connectivity index (χ1n) is 5.57. The predicted molar refractivity (Wildman–Crippen MR) is 65.8 cm³/mol. The van der Waals surface area contributed by atoms with Crippen LogP contribution in [0.5, 0.6) is 11.5 Å². The van der Waals surface area contributed by atoms with Crippen molar-refractivity contribution >= 4 is 21.8 Å². The van der Waals surface area contributed by atoms with Crippen molar-refractivity contribution in [3.05, 3.63) is 23.8 Å². The molecule has 17 heavy (non-hydrogen) atoms. The Balaban J connectivity index is 1.82. The molecule has 4 nitrogen and oxygen atoms in total. The highest BCUT2D eigenvalue weighted by atomic mass is 79.9. The van der Waals surface area contributed by atoms with Crippen LogP contribution in [0.1, 0.15) is 16.8 Å². The first-order chi connectivity index (χ1) is 8.24. The molecule has 0 aliphatic carbocycles. The van der Waals surface area contributed by atoms with Gasteiger partial charge < -0.3 is 14.4 Å². The molecular formula is C12H12BrNO3. The average molecular weight is 298 g/mol. The van der Waals surface area contributed by atoms with Gasteiger partial charge in [-0.3, -0.25) is 4.79 Å². The number of halogens is 1. The van der Waals surface area contributed by atoms with E-state index < -0.39 is 0 Å². The third kappa shape index (κ3) is 1.99. The Hall–Kier alpha value is -1.23. The molecule has 0 saturated carbocycles. The van der Waals surface area contributed by atoms with Gasteiger partial charge in [0.05, 0.1) is 0 Å². The van der Waals surface area contributed by atoms with Gasteiger partial charge in [-0.15, -0.1) is 0 Å². The zero-order valence-corrected chi connectivity index (χ0v) is 10.8. The zero-order valence-electron chi connectivity index (χ0n) is 9.19. The topological polar surface area (TPSA) is 38.8 Å². The van der Waals surface area contributed by atoms with E-state index in [-0.39, 0.29) is 12.7 Å². The maximum absolute atomic E-state index is 12.2. The third-order valence-corrected chi connectivity index (χ3v) is 3.78. The van der Waals surface area contributed by atoms with Crippen LogP contribution < -0.4 is 9.47 Å². The highest BCUT2D eigenvalue weighted by Gasteiger charge is 2.26. The molecule has 0 bridgehead atoms. The number of carbonyl (C=O) groups is 1. The lowest BCUT2D eigenvalue weighted by Crippen LogP contribution is -2.28. The minimum absolute atomic E-state index is 0.0604. The van der Waals surface area contributed by atoms with E-state index in [2.05, 4.69) is 15.9 Å². The fraction of sp³-hybridized carbons (Fsp3) is 0.417. The van der Waals surface area contributed by atoms with Crippen molar-refractivity contribution in [1.82, 2.24) is 4.90 Å². The summed E-state index contributed by atoms with van der Waals surface area (Å²) in [6.45, 7) is 1.82. The molecule has 0 radical (unpaired) electrons. The Morgan fingerprint density at radius 2 is 2.18 bits per heavy atom. The monoisotopic (exact) mass is 297 g/mol. The lowest BCUT2D eigenvalue weighted by molar-refractivity contribution is 0.0793. The minimum Gasteiger partial charge on any atom is -0.454 e. The predicted octanol–water partition coefficient (Wildman–Crippen LogP) is 2.02. The molecule has 0 spiro atoms. The number of hydrogen-bond acceptors (Lipinski definition) is 3. The van der Waals surface area contributed by atoms with Gasteiger partial charge in [-0.25, -0.2) is 0 Å². The number of nitrogens with zero attached hydrogens (tertiary/aromatic N) is 1. The van der Waals surface area contributed by atoms with Crippen molar-refractivity contribution in [3.8, 4) is 11.5 Å². The minimum atomic E-state index is 0.0604. The lowest BCUT2D eigenvalue weighted by Gasteiger charge is -2.15. The molecule has 2 heterocycles. The molecule has 2 aliphatic heterocycles. The highest BCUT2D eigenvalue weighted by molar-refractivity contribution is 9.09. The number of fused-ring (bicyclic) bond motifs is 1. The summed E-state index contributed by atoms with van der Waals surface area (Å²) < 4.78 is 10.5. The van der Waals surface area contributed by atoms with Gasteiger partial charge in [0.2, 0.25) is 6.79 Å². The molecule has 1 fully saturated rings. The fourth-order valence-corrected chi connectivity index (χ4v) is 2.67. The number of benzene rings is 1. The Morgan fingerprint density at radius 1 is 1.35 bits per heavy atom. The summed E-state index contributed by atoms with van der Waals surface area (Å²) >= 11 is 3.53. The second-order valence-corrected chi connectivity index (χ2v) is 5.50. The molecule has 90 valence electrons. The fourth-order valence-electron chi connectivity index (χ4n) is 2.11. The van der Waals surface area contributed by atoms with E-state index in [1.165, 1.54) is 0 Å². The van der Waals surface area contributed by atoms with E-state index in [1.54, 1.807) is 18.2 Å². The molecule has 2 aliphatic rings. The van der Waals surface area contributed by atoms with E-state index in [4.69, 9.17) is 9.47 Å². The average Bonchev–Trinajstić information content (AvgIpc) is 2.95. The van der Waals surface area contributed by atoms with Gasteiger partial charge in [-0.1, -0.05) is 15.9 Å². The van der Waals surface area contributed by atoms with Crippen LogP contribution in [0, 0.1) is 0 Å². The quantitative estimate of drug-likeness (QED) is 0.745. The number of carbonyl (C=O) groups excluding carboxylic acids is 1. The van der Waals surface area contributed by atoms with Crippen LogP contribution in [0.3, 0.4) is 0 Å². The molecule has 1 unspecified atom stereocenters. The van der Waals surface area contributed by atoms with Gasteiger partial charge in [0.25, 0.3) is 5.91 Å². The summed E-state index contributed by atoms with van der Waals surface area (Å²) in [5.41, 5.74) is 0.663. The maximum Gasteiger partial charge on any atom is 0.254 e. The number of hydrogen-bond donors (Lipinski definition) is 0. The Kier molecular flexibility index (Phi) is 2.70. The molecule has 1 saturated heterocycles. The molecular weight excluding hydrogens is 286 g/mol. The van der Waals surface area contributed by atoms with Crippen molar-refractivity contribution in [1.29, 1.82) is 0 Å². The summed E-state index contributed by atoms with van der Waals surface area (Å²) in [4.78, 5) is 14.5. The summed E-state index contributed by atoms with van der Waals surface area (Å²) in [7, 11) is 0. The van der Waals surface area contributed by atoms with E-state index in [0.29, 0.717) is 21.9 Å². The number of alkyl halides is 1. The lowest BCUT2D eigenvalue weighted by atomic mass is 10.2. The molecule has 5 heteroatoms. The van der Waals surface area contributed by atoms with Crippen LogP contribution >= 0.6 is 15.9 Å². The summed E-state index contributed by atoms with van der Waals surface area (Å²) in [6, 6.07) is 5.33. The first-order valence-corrected chi connectivity index (χ1v) is 6.48. The van der Waals surface area contributed by atoms with Gasteiger partial charge in [0.1, 0.15) is 0 Å². The van der Waals surface area contributed by atoms with E-state index in [1.807, 2.05) is 4.90 Å². The second-order valence-electron chi connectivity index (χ2n) is 4.21. The van der Waals surface area contributed by atoms with Crippen LogP contribution in [0.2, 0.25) is 0 Å². The summed E-state index contributed by atoms with van der Waals surface area (Å²) in [6.07, 6.45) is 1.01. The molecule has 1 amide bonds. The van der Waals surface area contributed by atoms with Crippen LogP contribution in [-0.4, -0.2) is 35.5 Å². The van der Waals surface area contributed by atoms with Crippen LogP contribution in [-0.2, 0) is 0 Å². The Labute approximate surface area is 108 Å². The highest BCUT2D eigenvalue weighted by Crippen LogP contribution is 2.33. The van der Waals surface area contributed by atoms with Crippen molar-refractivity contribution in [2.75, 3.05) is 19.9 Å². The van der Waals surface area contributed by atoms with Crippen LogP contribution in [0.4, 0.5) is 0 Å². The van der Waals surface area contributed by atoms with Gasteiger partial charge in [-0.05, 0) is 24.6 Å². The molecule has 1 aromatic rings. The van der Waals surface area contributed by atoms with Crippen LogP contribution in [0.25, 0.3) is 0 Å². The number of amides is 1. The second kappa shape index (κ2) is 4.22. The maximum atomic E-state index is 12.2. The summed E-state index contributed by atoms with van der Waals surface area (Å²) in [5.74, 6) is 1.43. The smallest absolute Gasteiger partial charge is 0.254 e. The normalized spacial score (nSPS) is 21.9. The van der Waals surface area contributed by atoms with E-state index in [9.17, 15) is 4.79 Å². The number of ether oxygens (including phenoxy) is 2. The van der Waals surface area contributed by atoms with Gasteiger partial charge in [-0.2, -0.15) is 0 Å². The standard InChI is InChI=1S/C12H12BrNO3/c13-9-3-4-14(6-9)12(15)8-1-2-10-11(5-8)17-7-16-10/h1-2,5,9H,3-4,6-7H2. The third-order valence-electron chi connectivity index (χ3n) is 3.04. The van der Waals surface area contributed by atoms with Crippen LogP contribution in [0.15, 0.2) is 18.2 Å². The molecule has 1 atom stereocenters. The molecule has 0 N–H and O–H groups in total.